The highest BCUT2D eigenvalue weighted by Crippen LogP contribution is 2.27. The van der Waals surface area contributed by atoms with E-state index in [1.165, 1.54) is 4.88 Å². The molecule has 2 unspecified atom stereocenters. The van der Waals surface area contributed by atoms with E-state index >= 15 is 0 Å². The quantitative estimate of drug-likeness (QED) is 0.912. The number of rotatable bonds is 4. The van der Waals surface area contributed by atoms with Crippen LogP contribution in [0.25, 0.3) is 0 Å². The molecule has 1 aromatic carbocycles. The van der Waals surface area contributed by atoms with Gasteiger partial charge in [0.05, 0.1) is 6.04 Å². The van der Waals surface area contributed by atoms with Crippen LogP contribution in [0.1, 0.15) is 24.3 Å². The van der Waals surface area contributed by atoms with E-state index in [0.717, 1.165) is 12.1 Å². The maximum atomic E-state index is 12.7. The molecule has 5 heteroatoms. The molecule has 0 bridgehead atoms. The minimum Gasteiger partial charge on any atom is -0.311 e. The van der Waals surface area contributed by atoms with Gasteiger partial charge in [-0.25, -0.2) is 10.9 Å². The zero-order chi connectivity index (χ0) is 14.7. The molecular formula is C16H19N3OS. The van der Waals surface area contributed by atoms with Crippen molar-refractivity contribution >= 4 is 22.9 Å². The molecule has 1 aromatic heterocycles. The number of amides is 1. The number of thiophene rings is 1. The summed E-state index contributed by atoms with van der Waals surface area (Å²) in [7, 11) is 0. The van der Waals surface area contributed by atoms with E-state index in [1.54, 1.807) is 11.3 Å². The first-order chi connectivity index (χ1) is 10.3. The molecule has 1 aliphatic heterocycles. The van der Waals surface area contributed by atoms with Crippen LogP contribution in [-0.4, -0.2) is 18.5 Å². The van der Waals surface area contributed by atoms with Crippen molar-refractivity contribution in [2.75, 3.05) is 11.4 Å². The SMILES string of the molecule is CCN(C(=O)C1CC(c2cccs2)NN1)c1ccccc1. The van der Waals surface area contributed by atoms with Gasteiger partial charge >= 0.3 is 0 Å². The number of nitrogens with one attached hydrogen (secondary N) is 2. The van der Waals surface area contributed by atoms with Crippen LogP contribution in [0.5, 0.6) is 0 Å². The average molecular weight is 301 g/mol. The minimum atomic E-state index is -0.183. The summed E-state index contributed by atoms with van der Waals surface area (Å²) >= 11 is 1.72. The summed E-state index contributed by atoms with van der Waals surface area (Å²) in [5, 5.41) is 2.06. The highest BCUT2D eigenvalue weighted by molar-refractivity contribution is 7.10. The first-order valence-electron chi connectivity index (χ1n) is 7.20. The highest BCUT2D eigenvalue weighted by atomic mass is 32.1. The van der Waals surface area contributed by atoms with E-state index in [0.29, 0.717) is 6.54 Å². The van der Waals surface area contributed by atoms with Crippen LogP contribution in [0.15, 0.2) is 47.8 Å². The number of anilines is 1. The topological polar surface area (TPSA) is 44.4 Å². The van der Waals surface area contributed by atoms with Crippen LogP contribution in [-0.2, 0) is 4.79 Å². The molecule has 21 heavy (non-hydrogen) atoms. The molecule has 2 atom stereocenters. The highest BCUT2D eigenvalue weighted by Gasteiger charge is 2.33. The molecule has 1 fully saturated rings. The molecule has 0 aliphatic carbocycles. The van der Waals surface area contributed by atoms with Crippen molar-refractivity contribution in [3.8, 4) is 0 Å². The summed E-state index contributed by atoms with van der Waals surface area (Å²) in [5.74, 6) is 0.121. The summed E-state index contributed by atoms with van der Waals surface area (Å²) in [4.78, 5) is 15.8. The third-order valence-corrected chi connectivity index (χ3v) is 4.72. The predicted molar refractivity (Wildman–Crippen MR) is 86.2 cm³/mol. The Morgan fingerprint density at radius 3 is 2.71 bits per heavy atom. The Kier molecular flexibility index (Phi) is 4.34. The number of hydrazine groups is 1. The number of benzene rings is 1. The zero-order valence-corrected chi connectivity index (χ0v) is 12.8. The number of nitrogens with zero attached hydrogens (tertiary/aromatic N) is 1. The van der Waals surface area contributed by atoms with E-state index in [1.807, 2.05) is 48.2 Å². The van der Waals surface area contributed by atoms with Crippen molar-refractivity contribution < 1.29 is 4.79 Å². The van der Waals surface area contributed by atoms with Gasteiger partial charge in [0.1, 0.15) is 6.04 Å². The number of carbonyl (C=O) groups excluding carboxylic acids is 1. The molecule has 0 saturated carbocycles. The van der Waals surface area contributed by atoms with E-state index in [2.05, 4.69) is 22.3 Å². The van der Waals surface area contributed by atoms with Crippen LogP contribution in [0.4, 0.5) is 5.69 Å². The predicted octanol–water partition coefficient (Wildman–Crippen LogP) is 2.71. The van der Waals surface area contributed by atoms with Crippen LogP contribution < -0.4 is 15.8 Å². The minimum absolute atomic E-state index is 0.121. The largest absolute Gasteiger partial charge is 0.311 e. The molecule has 3 rings (SSSR count). The molecule has 0 radical (unpaired) electrons. The third kappa shape index (κ3) is 3.00. The summed E-state index contributed by atoms with van der Waals surface area (Å²) in [5.41, 5.74) is 7.33. The van der Waals surface area contributed by atoms with Gasteiger partial charge in [-0.3, -0.25) is 4.79 Å². The molecule has 2 heterocycles. The fourth-order valence-corrected chi connectivity index (χ4v) is 3.45. The Hall–Kier alpha value is -1.69. The average Bonchev–Trinajstić information content (AvgIpc) is 3.20. The van der Waals surface area contributed by atoms with Gasteiger partial charge in [0.2, 0.25) is 5.91 Å². The van der Waals surface area contributed by atoms with Crippen LogP contribution >= 0.6 is 11.3 Å². The normalized spacial score (nSPS) is 21.4. The van der Waals surface area contributed by atoms with E-state index in [9.17, 15) is 4.79 Å². The van der Waals surface area contributed by atoms with E-state index < -0.39 is 0 Å². The summed E-state index contributed by atoms with van der Waals surface area (Å²) in [6, 6.07) is 14.0. The molecule has 0 spiro atoms. The second kappa shape index (κ2) is 6.39. The van der Waals surface area contributed by atoms with Crippen molar-refractivity contribution in [3.63, 3.8) is 0 Å². The fraction of sp³-hybridized carbons (Fsp3) is 0.312. The van der Waals surface area contributed by atoms with Crippen LogP contribution in [0.2, 0.25) is 0 Å². The molecule has 110 valence electrons. The first kappa shape index (κ1) is 14.3. The lowest BCUT2D eigenvalue weighted by Crippen LogP contribution is -2.45. The summed E-state index contributed by atoms with van der Waals surface area (Å²) < 4.78 is 0. The summed E-state index contributed by atoms with van der Waals surface area (Å²) in [6.45, 7) is 2.68. The second-order valence-corrected chi connectivity index (χ2v) is 6.04. The molecule has 1 amide bonds. The van der Waals surface area contributed by atoms with Gasteiger partial charge in [-0.1, -0.05) is 24.3 Å². The lowest BCUT2D eigenvalue weighted by molar-refractivity contribution is -0.120. The van der Waals surface area contributed by atoms with E-state index in [-0.39, 0.29) is 18.0 Å². The Bertz CT molecular complexity index is 585. The van der Waals surface area contributed by atoms with Crippen LogP contribution in [0.3, 0.4) is 0 Å². The maximum Gasteiger partial charge on any atom is 0.245 e. The number of hydrogen-bond acceptors (Lipinski definition) is 4. The summed E-state index contributed by atoms with van der Waals surface area (Å²) in [6.07, 6.45) is 0.780. The van der Waals surface area contributed by atoms with Crippen molar-refractivity contribution in [2.45, 2.75) is 25.4 Å². The standard InChI is InChI=1S/C16H19N3OS/c1-2-19(12-7-4-3-5-8-12)16(20)14-11-13(17-18-14)15-9-6-10-21-15/h3-10,13-14,17-18H,2,11H2,1H3. The fourth-order valence-electron chi connectivity index (χ4n) is 2.66. The van der Waals surface area contributed by atoms with Gasteiger partial charge in [-0.05, 0) is 36.9 Å². The second-order valence-electron chi connectivity index (χ2n) is 5.06. The van der Waals surface area contributed by atoms with Gasteiger partial charge in [-0.15, -0.1) is 11.3 Å². The lowest BCUT2D eigenvalue weighted by Gasteiger charge is -2.24. The van der Waals surface area contributed by atoms with Gasteiger partial charge in [0.25, 0.3) is 0 Å². The number of hydrogen-bond donors (Lipinski definition) is 2. The number of para-hydroxylation sites is 1. The zero-order valence-electron chi connectivity index (χ0n) is 12.0. The number of carbonyl (C=O) groups is 1. The van der Waals surface area contributed by atoms with Crippen molar-refractivity contribution in [1.82, 2.24) is 10.9 Å². The first-order valence-corrected chi connectivity index (χ1v) is 8.08. The molecule has 1 saturated heterocycles. The third-order valence-electron chi connectivity index (χ3n) is 3.74. The molecule has 1 aliphatic rings. The van der Waals surface area contributed by atoms with Gasteiger partial charge < -0.3 is 4.90 Å². The molecule has 4 nitrogen and oxygen atoms in total. The maximum absolute atomic E-state index is 12.7. The van der Waals surface area contributed by atoms with Gasteiger partial charge in [0.15, 0.2) is 0 Å². The Morgan fingerprint density at radius 2 is 2.05 bits per heavy atom. The smallest absolute Gasteiger partial charge is 0.245 e. The lowest BCUT2D eigenvalue weighted by atomic mass is 10.1. The van der Waals surface area contributed by atoms with Crippen molar-refractivity contribution in [3.05, 3.63) is 52.7 Å². The molecular weight excluding hydrogens is 282 g/mol. The van der Waals surface area contributed by atoms with Gasteiger partial charge in [-0.2, -0.15) is 0 Å². The Morgan fingerprint density at radius 1 is 1.24 bits per heavy atom. The van der Waals surface area contributed by atoms with Crippen molar-refractivity contribution in [1.29, 1.82) is 0 Å². The number of likely N-dealkylation sites (N-methyl/N-ethyl adjacent to an activating group) is 1. The monoisotopic (exact) mass is 301 g/mol. The molecule has 2 aromatic rings. The molecule has 2 N–H and O–H groups in total. The van der Waals surface area contributed by atoms with Crippen LogP contribution in [0, 0.1) is 0 Å². The van der Waals surface area contributed by atoms with Crippen molar-refractivity contribution in [2.24, 2.45) is 0 Å². The Balaban J connectivity index is 1.70. The van der Waals surface area contributed by atoms with Gasteiger partial charge in [0, 0.05) is 17.1 Å². The Labute approximate surface area is 128 Å². The van der Waals surface area contributed by atoms with E-state index in [4.69, 9.17) is 0 Å².